The van der Waals surface area contributed by atoms with E-state index in [9.17, 15) is 4.79 Å². The Morgan fingerprint density at radius 1 is 1.40 bits per heavy atom. The molecule has 0 aliphatic carbocycles. The standard InChI is InChI=1S/C15H17BrN2O2/c1-10(12-6-4-5-7-14(12)20-3)17-15(19)13-8-11(16)9-18(13)2/h4-10H,1-3H3,(H,17,19). The summed E-state index contributed by atoms with van der Waals surface area (Å²) in [5.41, 5.74) is 1.57. The molecule has 0 fully saturated rings. The van der Waals surface area contributed by atoms with Crippen molar-refractivity contribution in [1.29, 1.82) is 0 Å². The highest BCUT2D eigenvalue weighted by atomic mass is 79.9. The van der Waals surface area contributed by atoms with E-state index in [2.05, 4.69) is 21.2 Å². The molecule has 2 rings (SSSR count). The third-order valence-electron chi connectivity index (χ3n) is 3.16. The van der Waals surface area contributed by atoms with Crippen LogP contribution in [0.1, 0.15) is 29.0 Å². The second kappa shape index (κ2) is 6.13. The molecule has 1 aromatic carbocycles. The van der Waals surface area contributed by atoms with Crippen molar-refractivity contribution in [2.24, 2.45) is 7.05 Å². The largest absolute Gasteiger partial charge is 0.496 e. The van der Waals surface area contributed by atoms with Gasteiger partial charge < -0.3 is 14.6 Å². The van der Waals surface area contributed by atoms with E-state index in [1.807, 2.05) is 44.4 Å². The molecule has 1 atom stereocenters. The molecule has 0 aliphatic rings. The Bertz CT molecular complexity index is 622. The maximum absolute atomic E-state index is 12.3. The van der Waals surface area contributed by atoms with Crippen LogP contribution in [-0.2, 0) is 7.05 Å². The number of methoxy groups -OCH3 is 1. The molecule has 1 heterocycles. The number of ether oxygens (including phenoxy) is 1. The number of aryl methyl sites for hydroxylation is 1. The fourth-order valence-corrected chi connectivity index (χ4v) is 2.65. The maximum atomic E-state index is 12.3. The first-order valence-corrected chi connectivity index (χ1v) is 7.08. The highest BCUT2D eigenvalue weighted by Gasteiger charge is 2.16. The van der Waals surface area contributed by atoms with Crippen molar-refractivity contribution >= 4 is 21.8 Å². The van der Waals surface area contributed by atoms with Gasteiger partial charge in [0.05, 0.1) is 13.2 Å². The van der Waals surface area contributed by atoms with Crippen LogP contribution in [0.4, 0.5) is 0 Å². The summed E-state index contributed by atoms with van der Waals surface area (Å²) in [6, 6.07) is 9.34. The van der Waals surface area contributed by atoms with Gasteiger partial charge in [-0.05, 0) is 35.0 Å². The van der Waals surface area contributed by atoms with Crippen LogP contribution < -0.4 is 10.1 Å². The van der Waals surface area contributed by atoms with E-state index in [-0.39, 0.29) is 11.9 Å². The highest BCUT2D eigenvalue weighted by molar-refractivity contribution is 9.10. The summed E-state index contributed by atoms with van der Waals surface area (Å²) in [5, 5.41) is 2.98. The minimum absolute atomic E-state index is 0.114. The van der Waals surface area contributed by atoms with Crippen molar-refractivity contribution in [3.05, 3.63) is 52.3 Å². The topological polar surface area (TPSA) is 43.3 Å². The molecule has 2 aromatic rings. The first-order chi connectivity index (χ1) is 9.52. The van der Waals surface area contributed by atoms with Crippen LogP contribution in [0.2, 0.25) is 0 Å². The van der Waals surface area contributed by atoms with Gasteiger partial charge in [-0.2, -0.15) is 0 Å². The van der Waals surface area contributed by atoms with Gasteiger partial charge in [-0.1, -0.05) is 18.2 Å². The maximum Gasteiger partial charge on any atom is 0.268 e. The van der Waals surface area contributed by atoms with Gasteiger partial charge in [-0.3, -0.25) is 4.79 Å². The lowest BCUT2D eigenvalue weighted by Gasteiger charge is -2.17. The average Bonchev–Trinajstić information content (AvgIpc) is 2.77. The number of amides is 1. The van der Waals surface area contributed by atoms with Gasteiger partial charge in [0.2, 0.25) is 0 Å². The van der Waals surface area contributed by atoms with E-state index < -0.39 is 0 Å². The molecule has 1 unspecified atom stereocenters. The van der Waals surface area contributed by atoms with Gasteiger partial charge in [-0.25, -0.2) is 0 Å². The molecule has 0 saturated heterocycles. The quantitative estimate of drug-likeness (QED) is 0.930. The van der Waals surface area contributed by atoms with Crippen LogP contribution in [0.5, 0.6) is 5.75 Å². The number of rotatable bonds is 4. The number of hydrogen-bond donors (Lipinski definition) is 1. The molecule has 1 amide bonds. The fourth-order valence-electron chi connectivity index (χ4n) is 2.12. The van der Waals surface area contributed by atoms with E-state index in [0.717, 1.165) is 15.8 Å². The van der Waals surface area contributed by atoms with Crippen LogP contribution in [-0.4, -0.2) is 17.6 Å². The van der Waals surface area contributed by atoms with Crippen molar-refractivity contribution in [3.63, 3.8) is 0 Å². The molecule has 0 bridgehead atoms. The van der Waals surface area contributed by atoms with E-state index in [1.54, 1.807) is 17.7 Å². The van der Waals surface area contributed by atoms with Gasteiger partial charge >= 0.3 is 0 Å². The molecule has 5 heteroatoms. The van der Waals surface area contributed by atoms with Gasteiger partial charge in [0.15, 0.2) is 0 Å². The summed E-state index contributed by atoms with van der Waals surface area (Å²) >= 11 is 3.36. The number of carbonyl (C=O) groups excluding carboxylic acids is 1. The Hall–Kier alpha value is -1.75. The lowest BCUT2D eigenvalue weighted by Crippen LogP contribution is -2.28. The smallest absolute Gasteiger partial charge is 0.268 e. The summed E-state index contributed by atoms with van der Waals surface area (Å²) in [6.45, 7) is 1.94. The summed E-state index contributed by atoms with van der Waals surface area (Å²) in [5.74, 6) is 0.657. The molecule has 0 radical (unpaired) electrons. The molecule has 1 aromatic heterocycles. The highest BCUT2D eigenvalue weighted by Crippen LogP contribution is 2.24. The van der Waals surface area contributed by atoms with Gasteiger partial charge in [0, 0.05) is 23.3 Å². The van der Waals surface area contributed by atoms with E-state index in [0.29, 0.717) is 5.69 Å². The molecule has 0 spiro atoms. The molecule has 4 nitrogen and oxygen atoms in total. The second-order valence-corrected chi connectivity index (χ2v) is 5.51. The molecule has 106 valence electrons. The van der Waals surface area contributed by atoms with Crippen molar-refractivity contribution < 1.29 is 9.53 Å². The molecular weight excluding hydrogens is 320 g/mol. The van der Waals surface area contributed by atoms with Crippen LogP contribution in [0.25, 0.3) is 0 Å². The Kier molecular flexibility index (Phi) is 4.49. The Morgan fingerprint density at radius 2 is 2.10 bits per heavy atom. The summed E-state index contributed by atoms with van der Waals surface area (Å²) < 4.78 is 7.99. The minimum atomic E-state index is -0.132. The normalized spacial score (nSPS) is 12.0. The predicted molar refractivity (Wildman–Crippen MR) is 82.0 cm³/mol. The van der Waals surface area contributed by atoms with Crippen molar-refractivity contribution in [2.75, 3.05) is 7.11 Å². The van der Waals surface area contributed by atoms with Crippen molar-refractivity contribution in [1.82, 2.24) is 9.88 Å². The Labute approximate surface area is 126 Å². The zero-order valence-corrected chi connectivity index (χ0v) is 13.3. The van der Waals surface area contributed by atoms with Crippen LogP contribution >= 0.6 is 15.9 Å². The molecule has 20 heavy (non-hydrogen) atoms. The summed E-state index contributed by atoms with van der Waals surface area (Å²) in [6.07, 6.45) is 1.85. The number of para-hydroxylation sites is 1. The molecule has 1 N–H and O–H groups in total. The predicted octanol–water partition coefficient (Wildman–Crippen LogP) is 3.29. The second-order valence-electron chi connectivity index (χ2n) is 4.59. The SMILES string of the molecule is COc1ccccc1C(C)NC(=O)c1cc(Br)cn1C. The number of nitrogens with zero attached hydrogens (tertiary/aromatic N) is 1. The van der Waals surface area contributed by atoms with Gasteiger partial charge in [0.25, 0.3) is 5.91 Å². The van der Waals surface area contributed by atoms with Gasteiger partial charge in [0.1, 0.15) is 11.4 Å². The van der Waals surface area contributed by atoms with Crippen molar-refractivity contribution in [3.8, 4) is 5.75 Å². The van der Waals surface area contributed by atoms with Crippen LogP contribution in [0.3, 0.4) is 0 Å². The lowest BCUT2D eigenvalue weighted by molar-refractivity contribution is 0.0931. The first kappa shape index (κ1) is 14.7. The Morgan fingerprint density at radius 3 is 2.70 bits per heavy atom. The van der Waals surface area contributed by atoms with Gasteiger partial charge in [-0.15, -0.1) is 0 Å². The molecule has 0 aliphatic heterocycles. The summed E-state index contributed by atoms with van der Waals surface area (Å²) in [4.78, 5) is 12.3. The van der Waals surface area contributed by atoms with E-state index in [1.165, 1.54) is 0 Å². The van der Waals surface area contributed by atoms with Crippen LogP contribution in [0, 0.1) is 0 Å². The summed E-state index contributed by atoms with van der Waals surface area (Å²) in [7, 11) is 3.47. The number of nitrogens with one attached hydrogen (secondary N) is 1. The monoisotopic (exact) mass is 336 g/mol. The molecular formula is C15H17BrN2O2. The zero-order chi connectivity index (χ0) is 14.7. The zero-order valence-electron chi connectivity index (χ0n) is 11.7. The lowest BCUT2D eigenvalue weighted by atomic mass is 10.1. The third-order valence-corrected chi connectivity index (χ3v) is 3.59. The Balaban J connectivity index is 2.17. The number of aromatic nitrogens is 1. The van der Waals surface area contributed by atoms with Crippen molar-refractivity contribution in [2.45, 2.75) is 13.0 Å². The average molecular weight is 337 g/mol. The third kappa shape index (κ3) is 3.04. The van der Waals surface area contributed by atoms with Crippen LogP contribution in [0.15, 0.2) is 41.0 Å². The number of hydrogen-bond acceptors (Lipinski definition) is 2. The minimum Gasteiger partial charge on any atom is -0.496 e. The van der Waals surface area contributed by atoms with E-state index >= 15 is 0 Å². The molecule has 0 saturated carbocycles. The fraction of sp³-hybridized carbons (Fsp3) is 0.267. The first-order valence-electron chi connectivity index (χ1n) is 6.28. The number of benzene rings is 1. The number of carbonyl (C=O) groups is 1. The van der Waals surface area contributed by atoms with E-state index in [4.69, 9.17) is 4.74 Å². The number of halogens is 1.